The summed E-state index contributed by atoms with van der Waals surface area (Å²) in [5.41, 5.74) is 3.09. The Labute approximate surface area is 131 Å². The molecule has 0 unspecified atom stereocenters. The molecule has 1 heterocycles. The first kappa shape index (κ1) is 15.8. The van der Waals surface area contributed by atoms with Gasteiger partial charge in [-0.15, -0.1) is 0 Å². The fourth-order valence-electron chi connectivity index (χ4n) is 1.48. The molecule has 7 nitrogen and oxygen atoms in total. The number of carbonyl (C=O) groups is 1. The average molecular weight is 318 g/mol. The van der Waals surface area contributed by atoms with Crippen LogP contribution >= 0.6 is 11.8 Å². The molecule has 0 radical (unpaired) electrons. The van der Waals surface area contributed by atoms with E-state index < -0.39 is 0 Å². The highest BCUT2D eigenvalue weighted by atomic mass is 32.2. The smallest absolute Gasteiger partial charge is 0.250 e. The Balaban J connectivity index is 1.83. The van der Waals surface area contributed by atoms with Crippen LogP contribution in [0.1, 0.15) is 5.56 Å². The number of hydrazone groups is 1. The van der Waals surface area contributed by atoms with Crippen LogP contribution in [-0.4, -0.2) is 40.1 Å². The number of methoxy groups -OCH3 is 1. The van der Waals surface area contributed by atoms with Crippen LogP contribution in [0.25, 0.3) is 0 Å². The molecule has 0 fully saturated rings. The van der Waals surface area contributed by atoms with Crippen LogP contribution in [0.5, 0.6) is 11.5 Å². The van der Waals surface area contributed by atoms with Crippen LogP contribution in [-0.2, 0) is 4.79 Å². The number of thioether (sulfide) groups is 1. The lowest BCUT2D eigenvalue weighted by molar-refractivity contribution is -0.118. The van der Waals surface area contributed by atoms with Crippen molar-refractivity contribution >= 4 is 23.9 Å². The first-order valence-corrected chi connectivity index (χ1v) is 7.26. The molecule has 0 saturated carbocycles. The molecule has 2 N–H and O–H groups in total. The molecule has 1 amide bonds. The molecule has 0 spiro atoms. The van der Waals surface area contributed by atoms with E-state index in [9.17, 15) is 9.90 Å². The lowest BCUT2D eigenvalue weighted by Crippen LogP contribution is -2.19. The average Bonchev–Trinajstić information content (AvgIpc) is 2.55. The molecule has 8 heteroatoms. The van der Waals surface area contributed by atoms with E-state index in [0.717, 1.165) is 0 Å². The number of hydrogen-bond donors (Lipinski definition) is 2. The van der Waals surface area contributed by atoms with E-state index in [1.165, 1.54) is 31.2 Å². The lowest BCUT2D eigenvalue weighted by atomic mass is 10.2. The largest absolute Gasteiger partial charge is 0.504 e. The maximum atomic E-state index is 11.6. The molecule has 22 heavy (non-hydrogen) atoms. The van der Waals surface area contributed by atoms with Crippen LogP contribution < -0.4 is 10.2 Å². The topological polar surface area (TPSA) is 96.7 Å². The van der Waals surface area contributed by atoms with Gasteiger partial charge in [0.25, 0.3) is 5.91 Å². The fourth-order valence-corrected chi connectivity index (χ4v) is 2.07. The molecule has 2 aromatic rings. The zero-order chi connectivity index (χ0) is 15.8. The third-order valence-electron chi connectivity index (χ3n) is 2.48. The van der Waals surface area contributed by atoms with Gasteiger partial charge in [0, 0.05) is 12.4 Å². The van der Waals surface area contributed by atoms with Crippen molar-refractivity contribution in [1.29, 1.82) is 0 Å². The van der Waals surface area contributed by atoms with Crippen molar-refractivity contribution in [3.63, 3.8) is 0 Å². The van der Waals surface area contributed by atoms with E-state index in [1.54, 1.807) is 30.6 Å². The number of rotatable bonds is 6. The molecule has 0 aliphatic carbocycles. The summed E-state index contributed by atoms with van der Waals surface area (Å²) in [5, 5.41) is 13.8. The van der Waals surface area contributed by atoms with Gasteiger partial charge in [-0.25, -0.2) is 15.4 Å². The van der Waals surface area contributed by atoms with Gasteiger partial charge in [0.2, 0.25) is 0 Å². The van der Waals surface area contributed by atoms with Crippen molar-refractivity contribution in [2.24, 2.45) is 5.10 Å². The second kappa shape index (κ2) is 7.99. The predicted molar refractivity (Wildman–Crippen MR) is 83.2 cm³/mol. The third kappa shape index (κ3) is 4.74. The summed E-state index contributed by atoms with van der Waals surface area (Å²) < 4.78 is 4.98. The van der Waals surface area contributed by atoms with Crippen LogP contribution in [0.2, 0.25) is 0 Å². The highest BCUT2D eigenvalue weighted by Gasteiger charge is 2.03. The zero-order valence-electron chi connectivity index (χ0n) is 11.8. The molecular weight excluding hydrogens is 304 g/mol. The van der Waals surface area contributed by atoms with E-state index in [2.05, 4.69) is 20.5 Å². The Morgan fingerprint density at radius 3 is 2.95 bits per heavy atom. The predicted octanol–water partition coefficient (Wildman–Crippen LogP) is 1.43. The van der Waals surface area contributed by atoms with Gasteiger partial charge in [0.05, 0.1) is 19.1 Å². The standard InChI is InChI=1S/C14H14N4O3S/c1-21-12-7-10(3-4-11(12)19)8-17-18-13(20)9-22-14-15-5-2-6-16-14/h2-8,19H,9H2,1H3,(H,18,20)/b17-8+. The lowest BCUT2D eigenvalue weighted by Gasteiger charge is -2.03. The van der Waals surface area contributed by atoms with E-state index in [0.29, 0.717) is 16.5 Å². The van der Waals surface area contributed by atoms with Crippen molar-refractivity contribution in [1.82, 2.24) is 15.4 Å². The first-order chi connectivity index (χ1) is 10.7. The summed E-state index contributed by atoms with van der Waals surface area (Å²) in [5.74, 6) is 0.287. The summed E-state index contributed by atoms with van der Waals surface area (Å²) in [6, 6.07) is 6.46. The van der Waals surface area contributed by atoms with Crippen molar-refractivity contribution in [3.8, 4) is 11.5 Å². The van der Waals surface area contributed by atoms with Gasteiger partial charge in [0.15, 0.2) is 16.7 Å². The van der Waals surface area contributed by atoms with Crippen LogP contribution in [0.15, 0.2) is 46.9 Å². The SMILES string of the molecule is COc1cc(/C=N/NC(=O)CSc2ncccn2)ccc1O. The van der Waals surface area contributed by atoms with Gasteiger partial charge in [0.1, 0.15) is 0 Å². The quantitative estimate of drug-likeness (QED) is 0.362. The summed E-state index contributed by atoms with van der Waals surface area (Å²) in [7, 11) is 1.46. The number of ether oxygens (including phenoxy) is 1. The summed E-state index contributed by atoms with van der Waals surface area (Å²) in [6.45, 7) is 0. The molecule has 0 saturated heterocycles. The number of aromatic nitrogens is 2. The normalized spacial score (nSPS) is 10.6. The summed E-state index contributed by atoms with van der Waals surface area (Å²) >= 11 is 1.22. The number of phenolic OH excluding ortho intramolecular Hbond substituents is 1. The number of carbonyl (C=O) groups excluding carboxylic acids is 1. The van der Waals surface area contributed by atoms with Crippen molar-refractivity contribution < 1.29 is 14.6 Å². The number of benzene rings is 1. The number of nitrogens with one attached hydrogen (secondary N) is 1. The van der Waals surface area contributed by atoms with E-state index in [-0.39, 0.29) is 17.4 Å². The van der Waals surface area contributed by atoms with Crippen molar-refractivity contribution in [2.45, 2.75) is 5.16 Å². The number of hydrogen-bond acceptors (Lipinski definition) is 7. The Bertz CT molecular complexity index is 664. The van der Waals surface area contributed by atoms with E-state index >= 15 is 0 Å². The molecule has 0 aliphatic rings. The minimum atomic E-state index is -0.264. The van der Waals surface area contributed by atoms with Gasteiger partial charge >= 0.3 is 0 Å². The second-order valence-electron chi connectivity index (χ2n) is 4.04. The zero-order valence-corrected chi connectivity index (χ0v) is 12.6. The molecule has 0 atom stereocenters. The van der Waals surface area contributed by atoms with E-state index in [1.807, 2.05) is 0 Å². The highest BCUT2D eigenvalue weighted by molar-refractivity contribution is 7.99. The summed E-state index contributed by atoms with van der Waals surface area (Å²) in [6.07, 6.45) is 4.69. The number of nitrogens with zero attached hydrogens (tertiary/aromatic N) is 3. The van der Waals surface area contributed by atoms with Gasteiger partial charge in [-0.1, -0.05) is 11.8 Å². The number of phenols is 1. The highest BCUT2D eigenvalue weighted by Crippen LogP contribution is 2.25. The Morgan fingerprint density at radius 1 is 1.45 bits per heavy atom. The molecule has 0 bridgehead atoms. The van der Waals surface area contributed by atoms with Crippen molar-refractivity contribution in [3.05, 3.63) is 42.2 Å². The molecule has 114 valence electrons. The Kier molecular flexibility index (Phi) is 5.73. The van der Waals surface area contributed by atoms with E-state index in [4.69, 9.17) is 4.74 Å². The van der Waals surface area contributed by atoms with Crippen LogP contribution in [0, 0.1) is 0 Å². The number of amides is 1. The van der Waals surface area contributed by atoms with Gasteiger partial charge in [-0.2, -0.15) is 5.10 Å². The molecular formula is C14H14N4O3S. The Hall–Kier alpha value is -2.61. The monoisotopic (exact) mass is 318 g/mol. The second-order valence-corrected chi connectivity index (χ2v) is 4.99. The van der Waals surface area contributed by atoms with Gasteiger partial charge < -0.3 is 9.84 Å². The van der Waals surface area contributed by atoms with Crippen molar-refractivity contribution in [2.75, 3.05) is 12.9 Å². The maximum Gasteiger partial charge on any atom is 0.250 e. The first-order valence-electron chi connectivity index (χ1n) is 6.28. The van der Waals surface area contributed by atoms with Crippen LogP contribution in [0.4, 0.5) is 0 Å². The fraction of sp³-hybridized carbons (Fsp3) is 0.143. The minimum Gasteiger partial charge on any atom is -0.504 e. The maximum absolute atomic E-state index is 11.6. The number of aromatic hydroxyl groups is 1. The minimum absolute atomic E-state index is 0.0444. The Morgan fingerprint density at radius 2 is 2.23 bits per heavy atom. The molecule has 2 rings (SSSR count). The summed E-state index contributed by atoms with van der Waals surface area (Å²) in [4.78, 5) is 19.6. The molecule has 1 aromatic heterocycles. The third-order valence-corrected chi connectivity index (χ3v) is 3.36. The molecule has 1 aromatic carbocycles. The van der Waals surface area contributed by atoms with Crippen LogP contribution in [0.3, 0.4) is 0 Å². The van der Waals surface area contributed by atoms with Gasteiger partial charge in [-0.3, -0.25) is 4.79 Å². The van der Waals surface area contributed by atoms with Gasteiger partial charge in [-0.05, 0) is 29.8 Å². The molecule has 0 aliphatic heterocycles.